The summed E-state index contributed by atoms with van der Waals surface area (Å²) in [5, 5.41) is 4.75. The van der Waals surface area contributed by atoms with Crippen molar-refractivity contribution >= 4 is 48.6 Å². The number of rotatable bonds is 2. The SMILES string of the molecule is Brc1ccc2oc3ccc(-c4cc5ccccc5cc4-c4ccccc4)cc3c2c1. The molecule has 1 aromatic heterocycles. The lowest BCUT2D eigenvalue weighted by Gasteiger charge is -2.13. The topological polar surface area (TPSA) is 13.1 Å². The van der Waals surface area contributed by atoms with Gasteiger partial charge in [0.25, 0.3) is 0 Å². The molecule has 0 aliphatic carbocycles. The molecular weight excluding hydrogens is 432 g/mol. The molecule has 1 nitrogen and oxygen atoms in total. The lowest BCUT2D eigenvalue weighted by atomic mass is 9.91. The number of hydrogen-bond acceptors (Lipinski definition) is 1. The van der Waals surface area contributed by atoms with Gasteiger partial charge in [-0.1, -0.05) is 76.6 Å². The van der Waals surface area contributed by atoms with E-state index in [1.54, 1.807) is 0 Å². The van der Waals surface area contributed by atoms with Crippen molar-refractivity contribution < 1.29 is 4.42 Å². The Bertz CT molecular complexity index is 1540. The molecule has 0 radical (unpaired) electrons. The number of benzene rings is 5. The van der Waals surface area contributed by atoms with E-state index in [-0.39, 0.29) is 0 Å². The van der Waals surface area contributed by atoms with Gasteiger partial charge in [0.1, 0.15) is 11.2 Å². The Morgan fingerprint density at radius 1 is 0.500 bits per heavy atom. The summed E-state index contributed by atoms with van der Waals surface area (Å²) in [6, 6.07) is 36.4. The summed E-state index contributed by atoms with van der Waals surface area (Å²) in [7, 11) is 0. The van der Waals surface area contributed by atoms with Gasteiger partial charge in [0.2, 0.25) is 0 Å². The van der Waals surface area contributed by atoms with E-state index in [0.717, 1.165) is 26.4 Å². The quantitative estimate of drug-likeness (QED) is 0.257. The summed E-state index contributed by atoms with van der Waals surface area (Å²) in [6.07, 6.45) is 0. The third kappa shape index (κ3) is 2.84. The van der Waals surface area contributed by atoms with Crippen LogP contribution < -0.4 is 0 Å². The monoisotopic (exact) mass is 448 g/mol. The van der Waals surface area contributed by atoms with Gasteiger partial charge in [-0.15, -0.1) is 0 Å². The minimum atomic E-state index is 0.909. The van der Waals surface area contributed by atoms with Gasteiger partial charge in [0.15, 0.2) is 0 Å². The third-order valence-electron chi connectivity index (χ3n) is 5.71. The van der Waals surface area contributed by atoms with Crippen LogP contribution in [0, 0.1) is 0 Å². The number of furan rings is 1. The van der Waals surface area contributed by atoms with Crippen LogP contribution in [0.4, 0.5) is 0 Å². The minimum absolute atomic E-state index is 0.909. The van der Waals surface area contributed by atoms with Gasteiger partial charge in [-0.3, -0.25) is 0 Å². The Balaban J connectivity index is 1.66. The molecule has 0 saturated carbocycles. The molecule has 0 amide bonds. The van der Waals surface area contributed by atoms with E-state index in [4.69, 9.17) is 4.42 Å². The molecule has 6 aromatic rings. The van der Waals surface area contributed by atoms with E-state index in [1.165, 1.54) is 33.0 Å². The molecule has 6 rings (SSSR count). The maximum Gasteiger partial charge on any atom is 0.135 e. The molecule has 142 valence electrons. The van der Waals surface area contributed by atoms with Gasteiger partial charge in [-0.25, -0.2) is 0 Å². The van der Waals surface area contributed by atoms with Crippen molar-refractivity contribution in [1.29, 1.82) is 0 Å². The third-order valence-corrected chi connectivity index (χ3v) is 6.21. The molecule has 30 heavy (non-hydrogen) atoms. The van der Waals surface area contributed by atoms with Gasteiger partial charge in [0.05, 0.1) is 0 Å². The zero-order valence-corrected chi connectivity index (χ0v) is 17.7. The summed E-state index contributed by atoms with van der Waals surface area (Å²) < 4.78 is 7.12. The van der Waals surface area contributed by atoms with Crippen molar-refractivity contribution in [3.8, 4) is 22.3 Å². The van der Waals surface area contributed by atoms with Crippen LogP contribution in [-0.4, -0.2) is 0 Å². The van der Waals surface area contributed by atoms with Gasteiger partial charge in [-0.2, -0.15) is 0 Å². The molecule has 0 fully saturated rings. The largest absolute Gasteiger partial charge is 0.456 e. The van der Waals surface area contributed by atoms with Gasteiger partial charge < -0.3 is 4.42 Å². The summed E-state index contributed by atoms with van der Waals surface area (Å²) in [4.78, 5) is 0. The van der Waals surface area contributed by atoms with Crippen molar-refractivity contribution in [3.05, 3.63) is 108 Å². The van der Waals surface area contributed by atoms with Gasteiger partial charge in [-0.05, 0) is 75.5 Å². The summed E-state index contributed by atoms with van der Waals surface area (Å²) in [5.74, 6) is 0. The second kappa shape index (κ2) is 6.86. The van der Waals surface area contributed by atoms with Crippen LogP contribution in [0.2, 0.25) is 0 Å². The van der Waals surface area contributed by atoms with Crippen LogP contribution in [0.15, 0.2) is 112 Å². The van der Waals surface area contributed by atoms with E-state index in [9.17, 15) is 0 Å². The van der Waals surface area contributed by atoms with Crippen LogP contribution in [0.25, 0.3) is 55.0 Å². The van der Waals surface area contributed by atoms with E-state index >= 15 is 0 Å². The number of fused-ring (bicyclic) bond motifs is 4. The molecular formula is C28H17BrO. The lowest BCUT2D eigenvalue weighted by Crippen LogP contribution is -1.87. The highest BCUT2D eigenvalue weighted by atomic mass is 79.9. The molecule has 0 aliphatic heterocycles. The predicted molar refractivity (Wildman–Crippen MR) is 130 cm³/mol. The lowest BCUT2D eigenvalue weighted by molar-refractivity contribution is 0.669. The van der Waals surface area contributed by atoms with Crippen LogP contribution in [0.5, 0.6) is 0 Å². The summed E-state index contributed by atoms with van der Waals surface area (Å²) in [6.45, 7) is 0. The highest BCUT2D eigenvalue weighted by Crippen LogP contribution is 2.39. The highest BCUT2D eigenvalue weighted by molar-refractivity contribution is 9.10. The fourth-order valence-corrected chi connectivity index (χ4v) is 4.61. The average Bonchev–Trinajstić information content (AvgIpc) is 3.16. The Morgan fingerprint density at radius 3 is 1.83 bits per heavy atom. The maximum atomic E-state index is 6.06. The molecule has 0 saturated heterocycles. The summed E-state index contributed by atoms with van der Waals surface area (Å²) in [5.41, 5.74) is 6.70. The number of hydrogen-bond donors (Lipinski definition) is 0. The molecule has 0 unspecified atom stereocenters. The van der Waals surface area contributed by atoms with E-state index < -0.39 is 0 Å². The van der Waals surface area contributed by atoms with Crippen molar-refractivity contribution in [1.82, 2.24) is 0 Å². The fourth-order valence-electron chi connectivity index (χ4n) is 4.25. The molecule has 0 spiro atoms. The predicted octanol–water partition coefficient (Wildman–Crippen LogP) is 8.84. The van der Waals surface area contributed by atoms with E-state index in [2.05, 4.69) is 107 Å². The second-order valence-electron chi connectivity index (χ2n) is 7.56. The standard InChI is InChI=1S/C28H17BrO/c29-22-11-13-28-26(17-22)25-16-21(10-12-27(25)30-28)24-15-20-9-5-4-8-19(20)14-23(24)18-6-2-1-3-7-18/h1-17H. The zero-order valence-electron chi connectivity index (χ0n) is 16.1. The highest BCUT2D eigenvalue weighted by Gasteiger charge is 2.13. The van der Waals surface area contributed by atoms with E-state index in [0.29, 0.717) is 0 Å². The van der Waals surface area contributed by atoms with Crippen LogP contribution >= 0.6 is 15.9 Å². The minimum Gasteiger partial charge on any atom is -0.456 e. The van der Waals surface area contributed by atoms with Crippen molar-refractivity contribution in [3.63, 3.8) is 0 Å². The Morgan fingerprint density at radius 2 is 1.10 bits per heavy atom. The number of halogens is 1. The Labute approximate surface area is 182 Å². The fraction of sp³-hybridized carbons (Fsp3) is 0. The molecule has 1 heterocycles. The molecule has 0 atom stereocenters. The van der Waals surface area contributed by atoms with Crippen LogP contribution in [0.1, 0.15) is 0 Å². The maximum absolute atomic E-state index is 6.06. The molecule has 0 aliphatic rings. The van der Waals surface area contributed by atoms with Crippen LogP contribution in [-0.2, 0) is 0 Å². The summed E-state index contributed by atoms with van der Waals surface area (Å²) >= 11 is 3.59. The first-order chi connectivity index (χ1) is 14.8. The first-order valence-corrected chi connectivity index (χ1v) is 10.8. The normalized spacial score (nSPS) is 11.5. The van der Waals surface area contributed by atoms with Crippen molar-refractivity contribution in [2.45, 2.75) is 0 Å². The Kier molecular flexibility index (Phi) is 4.00. The molecule has 5 aromatic carbocycles. The Hall–Kier alpha value is -3.36. The van der Waals surface area contributed by atoms with Crippen molar-refractivity contribution in [2.24, 2.45) is 0 Å². The zero-order chi connectivity index (χ0) is 20.1. The van der Waals surface area contributed by atoms with Crippen LogP contribution in [0.3, 0.4) is 0 Å². The van der Waals surface area contributed by atoms with E-state index in [1.807, 2.05) is 12.1 Å². The first-order valence-electron chi connectivity index (χ1n) is 9.97. The molecule has 0 N–H and O–H groups in total. The average molecular weight is 449 g/mol. The first kappa shape index (κ1) is 17.5. The van der Waals surface area contributed by atoms with Crippen molar-refractivity contribution in [2.75, 3.05) is 0 Å². The second-order valence-corrected chi connectivity index (χ2v) is 8.48. The van der Waals surface area contributed by atoms with Gasteiger partial charge >= 0.3 is 0 Å². The smallest absolute Gasteiger partial charge is 0.135 e. The molecule has 0 bridgehead atoms. The molecule has 2 heteroatoms. The van der Waals surface area contributed by atoms with Gasteiger partial charge in [0, 0.05) is 15.2 Å².